The van der Waals surface area contributed by atoms with Crippen LogP contribution in [0.3, 0.4) is 0 Å². The molecule has 2 heterocycles. The Morgan fingerprint density at radius 1 is 1.41 bits per heavy atom. The standard InChI is InChI=1S/C11H12N4O2/c12-9-6-10(16)14-11(17)15(9)5-3-8-2-1-4-13-7-8/h1-2,4,6-7H,3,5,12H2,(H,14,16,17). The first kappa shape index (κ1) is 11.1. The summed E-state index contributed by atoms with van der Waals surface area (Å²) in [6.07, 6.45) is 4.04. The molecule has 0 aliphatic heterocycles. The average Bonchev–Trinajstić information content (AvgIpc) is 2.29. The first-order valence-corrected chi connectivity index (χ1v) is 5.15. The molecule has 0 aliphatic rings. The summed E-state index contributed by atoms with van der Waals surface area (Å²) in [5.41, 5.74) is 5.65. The minimum absolute atomic E-state index is 0.169. The van der Waals surface area contributed by atoms with Gasteiger partial charge in [0, 0.05) is 25.0 Å². The minimum atomic E-state index is -0.487. The molecule has 0 spiro atoms. The summed E-state index contributed by atoms with van der Waals surface area (Å²) in [5, 5.41) is 0. The summed E-state index contributed by atoms with van der Waals surface area (Å²) < 4.78 is 1.33. The normalized spacial score (nSPS) is 10.4. The van der Waals surface area contributed by atoms with Gasteiger partial charge in [-0.2, -0.15) is 0 Å². The smallest absolute Gasteiger partial charge is 0.329 e. The number of aromatic amines is 1. The Labute approximate surface area is 96.8 Å². The van der Waals surface area contributed by atoms with Gasteiger partial charge in [-0.25, -0.2) is 4.79 Å². The van der Waals surface area contributed by atoms with Gasteiger partial charge in [0.25, 0.3) is 5.56 Å². The van der Waals surface area contributed by atoms with E-state index in [9.17, 15) is 9.59 Å². The number of nitrogens with one attached hydrogen (secondary N) is 1. The van der Waals surface area contributed by atoms with Gasteiger partial charge in [0.05, 0.1) is 0 Å². The molecule has 0 amide bonds. The van der Waals surface area contributed by atoms with E-state index in [1.807, 2.05) is 12.1 Å². The first-order valence-electron chi connectivity index (χ1n) is 5.15. The number of rotatable bonds is 3. The molecule has 0 saturated carbocycles. The van der Waals surface area contributed by atoms with Crippen molar-refractivity contribution >= 4 is 5.82 Å². The summed E-state index contributed by atoms with van der Waals surface area (Å²) in [5.74, 6) is 0.169. The molecule has 2 aromatic rings. The van der Waals surface area contributed by atoms with Crippen LogP contribution in [0.4, 0.5) is 5.82 Å². The van der Waals surface area contributed by atoms with Crippen LogP contribution in [0.2, 0.25) is 0 Å². The molecule has 88 valence electrons. The van der Waals surface area contributed by atoms with Crippen molar-refractivity contribution in [3.63, 3.8) is 0 Å². The molecule has 0 radical (unpaired) electrons. The zero-order valence-corrected chi connectivity index (χ0v) is 9.09. The highest BCUT2D eigenvalue weighted by Crippen LogP contribution is 2.00. The maximum Gasteiger partial charge on any atom is 0.329 e. The second-order valence-corrected chi connectivity index (χ2v) is 3.63. The fourth-order valence-electron chi connectivity index (χ4n) is 1.56. The van der Waals surface area contributed by atoms with E-state index in [2.05, 4.69) is 9.97 Å². The van der Waals surface area contributed by atoms with Crippen LogP contribution < -0.4 is 17.0 Å². The van der Waals surface area contributed by atoms with Crippen molar-refractivity contribution in [1.29, 1.82) is 0 Å². The lowest BCUT2D eigenvalue weighted by Gasteiger charge is -2.07. The molecule has 17 heavy (non-hydrogen) atoms. The molecular formula is C11H12N4O2. The van der Waals surface area contributed by atoms with Gasteiger partial charge in [0.2, 0.25) is 0 Å². The average molecular weight is 232 g/mol. The molecule has 2 aromatic heterocycles. The van der Waals surface area contributed by atoms with Crippen molar-refractivity contribution in [2.45, 2.75) is 13.0 Å². The maximum atomic E-state index is 11.5. The minimum Gasteiger partial charge on any atom is -0.385 e. The topological polar surface area (TPSA) is 93.8 Å². The fourth-order valence-corrected chi connectivity index (χ4v) is 1.56. The SMILES string of the molecule is Nc1cc(=O)[nH]c(=O)n1CCc1cccnc1. The molecule has 0 aliphatic carbocycles. The summed E-state index contributed by atoms with van der Waals surface area (Å²) in [4.78, 5) is 28.6. The van der Waals surface area contributed by atoms with Gasteiger partial charge in [-0.15, -0.1) is 0 Å². The number of nitrogens with two attached hydrogens (primary N) is 1. The lowest BCUT2D eigenvalue weighted by Crippen LogP contribution is -2.31. The van der Waals surface area contributed by atoms with E-state index in [1.54, 1.807) is 12.4 Å². The van der Waals surface area contributed by atoms with Gasteiger partial charge < -0.3 is 5.73 Å². The van der Waals surface area contributed by atoms with Crippen LogP contribution >= 0.6 is 0 Å². The molecule has 6 nitrogen and oxygen atoms in total. The second-order valence-electron chi connectivity index (χ2n) is 3.63. The molecule has 0 bridgehead atoms. The number of anilines is 1. The Hall–Kier alpha value is -2.37. The second kappa shape index (κ2) is 4.65. The summed E-state index contributed by atoms with van der Waals surface area (Å²) in [6, 6.07) is 4.94. The largest absolute Gasteiger partial charge is 0.385 e. The number of aryl methyl sites for hydroxylation is 1. The van der Waals surface area contributed by atoms with Crippen molar-refractivity contribution < 1.29 is 0 Å². The van der Waals surface area contributed by atoms with Crippen molar-refractivity contribution in [3.8, 4) is 0 Å². The van der Waals surface area contributed by atoms with Crippen LogP contribution in [-0.4, -0.2) is 14.5 Å². The van der Waals surface area contributed by atoms with Crippen molar-refractivity contribution in [1.82, 2.24) is 14.5 Å². The first-order chi connectivity index (χ1) is 8.16. The third-order valence-electron chi connectivity index (χ3n) is 2.41. The van der Waals surface area contributed by atoms with E-state index < -0.39 is 11.2 Å². The van der Waals surface area contributed by atoms with E-state index >= 15 is 0 Å². The number of nitrogens with zero attached hydrogens (tertiary/aromatic N) is 2. The summed E-state index contributed by atoms with van der Waals surface area (Å²) in [7, 11) is 0. The van der Waals surface area contributed by atoms with Gasteiger partial charge in [-0.1, -0.05) is 6.07 Å². The van der Waals surface area contributed by atoms with E-state index in [0.29, 0.717) is 13.0 Å². The molecule has 6 heteroatoms. The van der Waals surface area contributed by atoms with E-state index in [4.69, 9.17) is 5.73 Å². The lowest BCUT2D eigenvalue weighted by atomic mass is 10.2. The number of hydrogen-bond donors (Lipinski definition) is 2. The van der Waals surface area contributed by atoms with Crippen molar-refractivity contribution in [2.24, 2.45) is 0 Å². The van der Waals surface area contributed by atoms with Crippen LogP contribution in [0.25, 0.3) is 0 Å². The van der Waals surface area contributed by atoms with Gasteiger partial charge >= 0.3 is 5.69 Å². The van der Waals surface area contributed by atoms with Crippen LogP contribution in [-0.2, 0) is 13.0 Å². The van der Waals surface area contributed by atoms with Crippen LogP contribution in [0, 0.1) is 0 Å². The Morgan fingerprint density at radius 3 is 2.88 bits per heavy atom. The van der Waals surface area contributed by atoms with Gasteiger partial charge in [-0.3, -0.25) is 19.3 Å². The highest BCUT2D eigenvalue weighted by molar-refractivity contribution is 5.26. The molecule has 0 fully saturated rings. The van der Waals surface area contributed by atoms with Crippen LogP contribution in [0.1, 0.15) is 5.56 Å². The van der Waals surface area contributed by atoms with Gasteiger partial charge in [-0.05, 0) is 18.1 Å². The molecule has 0 atom stereocenters. The fraction of sp³-hybridized carbons (Fsp3) is 0.182. The predicted molar refractivity (Wildman–Crippen MR) is 63.7 cm³/mol. The molecule has 2 rings (SSSR count). The highest BCUT2D eigenvalue weighted by Gasteiger charge is 2.02. The molecule has 0 aromatic carbocycles. The quantitative estimate of drug-likeness (QED) is 0.763. The Kier molecular flexibility index (Phi) is 3.04. The summed E-state index contributed by atoms with van der Waals surface area (Å²) >= 11 is 0. The number of hydrogen-bond acceptors (Lipinski definition) is 4. The monoisotopic (exact) mass is 232 g/mol. The predicted octanol–water partition coefficient (Wildman–Crippen LogP) is -0.244. The molecular weight excluding hydrogens is 220 g/mol. The Balaban J connectivity index is 2.21. The van der Waals surface area contributed by atoms with E-state index in [-0.39, 0.29) is 5.82 Å². The molecule has 0 unspecified atom stereocenters. The van der Waals surface area contributed by atoms with Gasteiger partial charge in [0.1, 0.15) is 5.82 Å². The number of nitrogen functional groups attached to an aromatic ring is 1. The number of aromatic nitrogens is 3. The maximum absolute atomic E-state index is 11.5. The summed E-state index contributed by atoms with van der Waals surface area (Å²) in [6.45, 7) is 0.410. The van der Waals surface area contributed by atoms with Crippen LogP contribution in [0.15, 0.2) is 40.2 Å². The third kappa shape index (κ3) is 2.60. The van der Waals surface area contributed by atoms with Gasteiger partial charge in [0.15, 0.2) is 0 Å². The van der Waals surface area contributed by atoms with Crippen molar-refractivity contribution in [2.75, 3.05) is 5.73 Å². The molecule has 3 N–H and O–H groups in total. The van der Waals surface area contributed by atoms with Crippen molar-refractivity contribution in [3.05, 3.63) is 57.0 Å². The third-order valence-corrected chi connectivity index (χ3v) is 2.41. The zero-order chi connectivity index (χ0) is 12.3. The Morgan fingerprint density at radius 2 is 2.24 bits per heavy atom. The Bertz CT molecular complexity index is 615. The van der Waals surface area contributed by atoms with Crippen LogP contribution in [0.5, 0.6) is 0 Å². The molecule has 0 saturated heterocycles. The van der Waals surface area contributed by atoms with E-state index in [0.717, 1.165) is 5.56 Å². The highest BCUT2D eigenvalue weighted by atomic mass is 16.2. The number of pyridine rings is 1. The zero-order valence-electron chi connectivity index (χ0n) is 9.09. The van der Waals surface area contributed by atoms with E-state index in [1.165, 1.54) is 10.6 Å². The lowest BCUT2D eigenvalue weighted by molar-refractivity contribution is 0.654. The number of H-pyrrole nitrogens is 1.